The van der Waals surface area contributed by atoms with Gasteiger partial charge in [0.25, 0.3) is 5.91 Å². The highest BCUT2D eigenvalue weighted by molar-refractivity contribution is 7.98. The summed E-state index contributed by atoms with van der Waals surface area (Å²) in [6, 6.07) is 19.2. The van der Waals surface area contributed by atoms with Gasteiger partial charge in [0.1, 0.15) is 5.82 Å². The number of hydrogen-bond acceptors (Lipinski definition) is 4. The lowest BCUT2D eigenvalue weighted by Gasteiger charge is -2.12. The fraction of sp³-hybridized carbons (Fsp3) is 0.208. The van der Waals surface area contributed by atoms with Gasteiger partial charge >= 0.3 is 0 Å². The Kier molecular flexibility index (Phi) is 7.25. The lowest BCUT2D eigenvalue weighted by atomic mass is 10.0. The molecule has 6 heteroatoms. The standard InChI is InChI=1S/C24H25N3O2S/c1-16(2)19-7-6-8-20(14-19)27-24(29)21-9-4-5-10-22(21)30-15-18-11-12-25-23(13-18)26-17(3)28/h4-14,16H,15H2,1-3H3,(H,27,29)(H,25,26,28). The molecule has 0 saturated heterocycles. The van der Waals surface area contributed by atoms with E-state index in [9.17, 15) is 9.59 Å². The molecule has 0 bridgehead atoms. The van der Waals surface area contributed by atoms with Crippen molar-refractivity contribution in [2.24, 2.45) is 0 Å². The van der Waals surface area contributed by atoms with Crippen molar-refractivity contribution >= 4 is 35.1 Å². The molecule has 154 valence electrons. The molecular weight excluding hydrogens is 394 g/mol. The fourth-order valence-corrected chi connectivity index (χ4v) is 3.92. The van der Waals surface area contributed by atoms with Crippen LogP contribution in [0.3, 0.4) is 0 Å². The van der Waals surface area contributed by atoms with E-state index >= 15 is 0 Å². The van der Waals surface area contributed by atoms with Gasteiger partial charge in [-0.15, -0.1) is 11.8 Å². The molecule has 0 atom stereocenters. The summed E-state index contributed by atoms with van der Waals surface area (Å²) >= 11 is 1.57. The second kappa shape index (κ2) is 10.1. The van der Waals surface area contributed by atoms with Gasteiger partial charge in [0, 0.05) is 29.5 Å². The van der Waals surface area contributed by atoms with Crippen molar-refractivity contribution < 1.29 is 9.59 Å². The van der Waals surface area contributed by atoms with Gasteiger partial charge in [-0.05, 0) is 53.4 Å². The van der Waals surface area contributed by atoms with Crippen LogP contribution in [-0.2, 0) is 10.5 Å². The SMILES string of the molecule is CC(=O)Nc1cc(CSc2ccccc2C(=O)Nc2cccc(C(C)C)c2)ccn1. The Morgan fingerprint density at radius 2 is 1.80 bits per heavy atom. The molecule has 2 N–H and O–H groups in total. The van der Waals surface area contributed by atoms with Crippen LogP contribution in [0.1, 0.15) is 48.2 Å². The molecule has 0 unspecified atom stereocenters. The first kappa shape index (κ1) is 21.6. The maximum Gasteiger partial charge on any atom is 0.256 e. The summed E-state index contributed by atoms with van der Waals surface area (Å²) in [5, 5.41) is 5.70. The normalized spacial score (nSPS) is 10.7. The van der Waals surface area contributed by atoms with Gasteiger partial charge in [-0.2, -0.15) is 0 Å². The first-order chi connectivity index (χ1) is 14.4. The third-order valence-corrected chi connectivity index (χ3v) is 5.61. The topological polar surface area (TPSA) is 71.1 Å². The first-order valence-corrected chi connectivity index (χ1v) is 10.8. The minimum absolute atomic E-state index is 0.132. The Bertz CT molecular complexity index is 1050. The van der Waals surface area contributed by atoms with Crippen LogP contribution >= 0.6 is 11.8 Å². The first-order valence-electron chi connectivity index (χ1n) is 9.78. The van der Waals surface area contributed by atoms with E-state index in [1.165, 1.54) is 12.5 Å². The third kappa shape index (κ3) is 5.94. The third-order valence-electron chi connectivity index (χ3n) is 4.47. The molecule has 0 aliphatic heterocycles. The maximum absolute atomic E-state index is 12.9. The number of nitrogens with one attached hydrogen (secondary N) is 2. The number of hydrogen-bond donors (Lipinski definition) is 2. The number of amides is 2. The van der Waals surface area contributed by atoms with Gasteiger partial charge in [0.15, 0.2) is 0 Å². The molecule has 0 aliphatic carbocycles. The number of benzene rings is 2. The largest absolute Gasteiger partial charge is 0.322 e. The molecule has 1 aromatic heterocycles. The average molecular weight is 420 g/mol. The van der Waals surface area contributed by atoms with Gasteiger partial charge in [0.2, 0.25) is 5.91 Å². The number of pyridine rings is 1. The van der Waals surface area contributed by atoms with Gasteiger partial charge in [-0.3, -0.25) is 9.59 Å². The van der Waals surface area contributed by atoms with Crippen LogP contribution in [0.15, 0.2) is 71.8 Å². The quantitative estimate of drug-likeness (QED) is 0.481. The molecule has 3 aromatic rings. The minimum atomic E-state index is -0.157. The lowest BCUT2D eigenvalue weighted by Crippen LogP contribution is -2.13. The summed E-state index contributed by atoms with van der Waals surface area (Å²) in [5.74, 6) is 1.29. The molecule has 0 saturated carbocycles. The van der Waals surface area contributed by atoms with E-state index in [0.717, 1.165) is 16.1 Å². The highest BCUT2D eigenvalue weighted by Crippen LogP contribution is 2.28. The van der Waals surface area contributed by atoms with Crippen molar-refractivity contribution in [1.29, 1.82) is 0 Å². The van der Waals surface area contributed by atoms with Crippen molar-refractivity contribution in [2.75, 3.05) is 10.6 Å². The number of thioether (sulfide) groups is 1. The van der Waals surface area contributed by atoms with E-state index in [1.54, 1.807) is 18.0 Å². The van der Waals surface area contributed by atoms with Crippen LogP contribution < -0.4 is 10.6 Å². The van der Waals surface area contributed by atoms with E-state index in [1.807, 2.05) is 54.6 Å². The predicted molar refractivity (Wildman–Crippen MR) is 123 cm³/mol. The smallest absolute Gasteiger partial charge is 0.256 e. The van der Waals surface area contributed by atoms with Crippen LogP contribution in [0, 0.1) is 0 Å². The molecule has 0 fully saturated rings. The number of anilines is 2. The molecule has 0 aliphatic rings. The van der Waals surface area contributed by atoms with Crippen LogP contribution in [0.4, 0.5) is 11.5 Å². The van der Waals surface area contributed by atoms with E-state index in [0.29, 0.717) is 23.1 Å². The molecule has 1 heterocycles. The number of rotatable bonds is 7. The minimum Gasteiger partial charge on any atom is -0.322 e. The van der Waals surface area contributed by atoms with Crippen LogP contribution in [0.2, 0.25) is 0 Å². The predicted octanol–water partition coefficient (Wildman–Crippen LogP) is 5.71. The van der Waals surface area contributed by atoms with Crippen molar-refractivity contribution in [3.8, 4) is 0 Å². The Balaban J connectivity index is 1.72. The van der Waals surface area contributed by atoms with Crippen molar-refractivity contribution in [3.05, 3.63) is 83.6 Å². The molecule has 2 aromatic carbocycles. The molecular formula is C24H25N3O2S. The van der Waals surface area contributed by atoms with Crippen LogP contribution in [-0.4, -0.2) is 16.8 Å². The molecule has 0 spiro atoms. The van der Waals surface area contributed by atoms with Gasteiger partial charge < -0.3 is 10.6 Å². The molecule has 2 amide bonds. The Labute approximate surface area is 181 Å². The summed E-state index contributed by atoms with van der Waals surface area (Å²) < 4.78 is 0. The Morgan fingerprint density at radius 1 is 1.00 bits per heavy atom. The van der Waals surface area contributed by atoms with Crippen molar-refractivity contribution in [1.82, 2.24) is 4.98 Å². The van der Waals surface area contributed by atoms with E-state index < -0.39 is 0 Å². The summed E-state index contributed by atoms with van der Waals surface area (Å²) in [4.78, 5) is 29.2. The highest BCUT2D eigenvalue weighted by atomic mass is 32.2. The van der Waals surface area contributed by atoms with Gasteiger partial charge in [-0.25, -0.2) is 4.98 Å². The summed E-state index contributed by atoms with van der Waals surface area (Å²) in [6.45, 7) is 5.71. The second-order valence-corrected chi connectivity index (χ2v) is 8.27. The summed E-state index contributed by atoms with van der Waals surface area (Å²) in [7, 11) is 0. The molecule has 3 rings (SSSR count). The molecule has 5 nitrogen and oxygen atoms in total. The number of nitrogens with zero attached hydrogens (tertiary/aromatic N) is 1. The Hall–Kier alpha value is -3.12. The van der Waals surface area contributed by atoms with Crippen molar-refractivity contribution in [3.63, 3.8) is 0 Å². The van der Waals surface area contributed by atoms with Gasteiger partial charge in [-0.1, -0.05) is 38.1 Å². The zero-order chi connectivity index (χ0) is 21.5. The van der Waals surface area contributed by atoms with Crippen LogP contribution in [0.5, 0.6) is 0 Å². The summed E-state index contributed by atoms with van der Waals surface area (Å²) in [5.41, 5.74) is 3.62. The lowest BCUT2D eigenvalue weighted by molar-refractivity contribution is -0.114. The number of aromatic nitrogens is 1. The van der Waals surface area contributed by atoms with Gasteiger partial charge in [0.05, 0.1) is 5.56 Å². The monoisotopic (exact) mass is 419 g/mol. The molecule has 0 radical (unpaired) electrons. The van der Waals surface area contributed by atoms with E-state index in [2.05, 4.69) is 35.5 Å². The second-order valence-electron chi connectivity index (χ2n) is 7.25. The van der Waals surface area contributed by atoms with E-state index in [4.69, 9.17) is 0 Å². The maximum atomic E-state index is 12.9. The average Bonchev–Trinajstić information content (AvgIpc) is 2.72. The fourth-order valence-electron chi connectivity index (χ4n) is 2.93. The number of carbonyl (C=O) groups excluding carboxylic acids is 2. The zero-order valence-corrected chi connectivity index (χ0v) is 18.1. The Morgan fingerprint density at radius 3 is 2.57 bits per heavy atom. The van der Waals surface area contributed by atoms with Crippen molar-refractivity contribution in [2.45, 2.75) is 37.3 Å². The van der Waals surface area contributed by atoms with Crippen LogP contribution in [0.25, 0.3) is 0 Å². The zero-order valence-electron chi connectivity index (χ0n) is 17.3. The number of carbonyl (C=O) groups is 2. The van der Waals surface area contributed by atoms with E-state index in [-0.39, 0.29) is 11.8 Å². The highest BCUT2D eigenvalue weighted by Gasteiger charge is 2.13. The molecule has 30 heavy (non-hydrogen) atoms. The summed E-state index contributed by atoms with van der Waals surface area (Å²) in [6.07, 6.45) is 1.67.